The van der Waals surface area contributed by atoms with Gasteiger partial charge < -0.3 is 4.74 Å². The molecular weight excluding hydrogens is 395 g/mol. The van der Waals surface area contributed by atoms with E-state index in [-0.39, 0.29) is 30.6 Å². The quantitative estimate of drug-likeness (QED) is 0.766. The van der Waals surface area contributed by atoms with Crippen LogP contribution in [0.15, 0.2) is 23.1 Å². The van der Waals surface area contributed by atoms with Gasteiger partial charge in [-0.15, -0.1) is 0 Å². The third-order valence-corrected chi connectivity index (χ3v) is 6.98. The molecule has 0 radical (unpaired) electrons. The van der Waals surface area contributed by atoms with E-state index in [9.17, 15) is 26.4 Å². The number of Topliss-reactive ketones (excluding diaryl/α,β-unsaturated/α-hetero) is 1. The average molecular weight is 412 g/mol. The predicted octanol–water partition coefficient (Wildman–Crippen LogP) is 3.12. The number of hydrogen-bond acceptors (Lipinski definition) is 4. The maximum absolute atomic E-state index is 13.4. The Labute approximate surface area is 154 Å². The molecule has 2 unspecified atom stereocenters. The first-order chi connectivity index (χ1) is 12.1. The van der Waals surface area contributed by atoms with E-state index in [0.29, 0.717) is 25.3 Å². The second-order valence-electron chi connectivity index (χ2n) is 6.36. The second kappa shape index (κ2) is 7.10. The third kappa shape index (κ3) is 3.62. The molecule has 3 rings (SSSR count). The van der Waals surface area contributed by atoms with E-state index >= 15 is 0 Å². The topological polar surface area (TPSA) is 63.7 Å². The molecule has 0 spiro atoms. The van der Waals surface area contributed by atoms with Gasteiger partial charge in [0.1, 0.15) is 5.78 Å². The SMILES string of the molecule is O=C1CCCC1C1COCCN1S(=O)(=O)c1ccc(Cl)cc1C(F)(F)F. The number of carbonyl (C=O) groups is 1. The van der Waals surface area contributed by atoms with Crippen LogP contribution in [-0.2, 0) is 25.7 Å². The van der Waals surface area contributed by atoms with E-state index < -0.39 is 38.6 Å². The normalized spacial score (nSPS) is 25.6. The first-order valence-corrected chi connectivity index (χ1v) is 9.93. The molecule has 0 amide bonds. The third-order valence-electron chi connectivity index (χ3n) is 4.76. The van der Waals surface area contributed by atoms with Crippen LogP contribution >= 0.6 is 11.6 Å². The lowest BCUT2D eigenvalue weighted by molar-refractivity contribution is -0.140. The van der Waals surface area contributed by atoms with Crippen LogP contribution in [0.25, 0.3) is 0 Å². The zero-order valence-corrected chi connectivity index (χ0v) is 15.2. The van der Waals surface area contributed by atoms with Crippen LogP contribution in [0.4, 0.5) is 13.2 Å². The van der Waals surface area contributed by atoms with Gasteiger partial charge in [-0.05, 0) is 31.0 Å². The van der Waals surface area contributed by atoms with Crippen molar-refractivity contribution in [2.24, 2.45) is 5.92 Å². The molecule has 0 bridgehead atoms. The van der Waals surface area contributed by atoms with E-state index in [1.54, 1.807) is 0 Å². The second-order valence-corrected chi connectivity index (χ2v) is 8.66. The number of ether oxygens (including phenoxy) is 1. The number of benzene rings is 1. The van der Waals surface area contributed by atoms with Gasteiger partial charge in [0.05, 0.1) is 29.7 Å². The highest BCUT2D eigenvalue weighted by Crippen LogP contribution is 2.39. The summed E-state index contributed by atoms with van der Waals surface area (Å²) in [6.45, 7) is -0.0487. The highest BCUT2D eigenvalue weighted by molar-refractivity contribution is 7.89. The maximum atomic E-state index is 13.4. The van der Waals surface area contributed by atoms with Gasteiger partial charge in [-0.2, -0.15) is 17.5 Å². The number of sulfonamides is 1. The Morgan fingerprint density at radius 3 is 2.62 bits per heavy atom. The van der Waals surface area contributed by atoms with Crippen molar-refractivity contribution >= 4 is 27.4 Å². The number of alkyl halides is 3. The first kappa shape index (κ1) is 19.6. The van der Waals surface area contributed by atoms with Gasteiger partial charge in [-0.1, -0.05) is 11.6 Å². The lowest BCUT2D eigenvalue weighted by Gasteiger charge is -2.37. The maximum Gasteiger partial charge on any atom is 0.417 e. The van der Waals surface area contributed by atoms with Crippen molar-refractivity contribution < 1.29 is 31.1 Å². The van der Waals surface area contributed by atoms with E-state index in [2.05, 4.69) is 0 Å². The Morgan fingerprint density at radius 1 is 1.27 bits per heavy atom. The summed E-state index contributed by atoms with van der Waals surface area (Å²) in [7, 11) is -4.48. The van der Waals surface area contributed by atoms with Crippen LogP contribution in [0.2, 0.25) is 5.02 Å². The van der Waals surface area contributed by atoms with Crippen molar-refractivity contribution in [2.45, 2.75) is 36.4 Å². The van der Waals surface area contributed by atoms with E-state index in [4.69, 9.17) is 16.3 Å². The summed E-state index contributed by atoms with van der Waals surface area (Å²) in [5.41, 5.74) is -1.31. The number of carbonyl (C=O) groups excluding carboxylic acids is 1. The smallest absolute Gasteiger partial charge is 0.378 e. The molecule has 2 fully saturated rings. The van der Waals surface area contributed by atoms with Gasteiger partial charge in [-0.25, -0.2) is 8.42 Å². The minimum Gasteiger partial charge on any atom is -0.378 e. The minimum atomic E-state index is -4.88. The molecule has 5 nitrogen and oxygen atoms in total. The molecule has 2 aliphatic rings. The molecule has 0 aromatic heterocycles. The van der Waals surface area contributed by atoms with E-state index in [0.717, 1.165) is 16.4 Å². The zero-order chi connectivity index (χ0) is 19.1. The summed E-state index contributed by atoms with van der Waals surface area (Å²) >= 11 is 5.64. The molecule has 2 atom stereocenters. The Balaban J connectivity index is 2.05. The predicted molar refractivity (Wildman–Crippen MR) is 87.3 cm³/mol. The molecular formula is C16H17ClF3NO4S. The number of hydrogen-bond donors (Lipinski definition) is 0. The van der Waals surface area contributed by atoms with Crippen LogP contribution in [-0.4, -0.2) is 44.3 Å². The van der Waals surface area contributed by atoms with Crippen molar-refractivity contribution in [2.75, 3.05) is 19.8 Å². The molecule has 26 heavy (non-hydrogen) atoms. The fourth-order valence-electron chi connectivity index (χ4n) is 3.55. The monoisotopic (exact) mass is 411 g/mol. The summed E-state index contributed by atoms with van der Waals surface area (Å²) in [6.07, 6.45) is -3.38. The van der Waals surface area contributed by atoms with Gasteiger partial charge in [0.2, 0.25) is 10.0 Å². The van der Waals surface area contributed by atoms with Crippen LogP contribution in [0, 0.1) is 5.92 Å². The van der Waals surface area contributed by atoms with Crippen molar-refractivity contribution in [3.8, 4) is 0 Å². The van der Waals surface area contributed by atoms with Gasteiger partial charge in [-0.3, -0.25) is 4.79 Å². The molecule has 1 aliphatic carbocycles. The molecule has 1 saturated carbocycles. The minimum absolute atomic E-state index is 0.00935. The summed E-state index contributed by atoms with van der Waals surface area (Å²) in [4.78, 5) is 11.2. The van der Waals surface area contributed by atoms with Crippen molar-refractivity contribution in [1.82, 2.24) is 4.31 Å². The van der Waals surface area contributed by atoms with Crippen molar-refractivity contribution in [3.05, 3.63) is 28.8 Å². The Hall–Kier alpha value is -1.16. The van der Waals surface area contributed by atoms with E-state index in [1.165, 1.54) is 0 Å². The number of morpholine rings is 1. The fourth-order valence-corrected chi connectivity index (χ4v) is 5.54. The molecule has 10 heteroatoms. The van der Waals surface area contributed by atoms with Crippen molar-refractivity contribution in [3.63, 3.8) is 0 Å². The fraction of sp³-hybridized carbons (Fsp3) is 0.562. The molecule has 1 saturated heterocycles. The highest BCUT2D eigenvalue weighted by Gasteiger charge is 2.45. The standard InChI is InChI=1S/C16H17ClF3NO4S/c17-10-4-5-15(12(8-10)16(18,19)20)26(23,24)21-6-7-25-9-13(21)11-2-1-3-14(11)22/h4-5,8,11,13H,1-3,6-7,9H2. The highest BCUT2D eigenvalue weighted by atomic mass is 35.5. The summed E-state index contributed by atoms with van der Waals surface area (Å²) in [5.74, 6) is -0.625. The molecule has 0 N–H and O–H groups in total. The molecule has 144 valence electrons. The first-order valence-electron chi connectivity index (χ1n) is 8.11. The lowest BCUT2D eigenvalue weighted by atomic mass is 9.97. The van der Waals surface area contributed by atoms with Gasteiger partial charge in [0.25, 0.3) is 0 Å². The Kier molecular flexibility index (Phi) is 5.35. The molecule has 1 aromatic carbocycles. The largest absolute Gasteiger partial charge is 0.417 e. The summed E-state index contributed by atoms with van der Waals surface area (Å²) < 4.78 is 72.5. The van der Waals surface area contributed by atoms with E-state index in [1.807, 2.05) is 0 Å². The van der Waals surface area contributed by atoms with Crippen LogP contribution in [0.1, 0.15) is 24.8 Å². The van der Waals surface area contributed by atoms with Gasteiger partial charge in [0.15, 0.2) is 0 Å². The number of rotatable bonds is 3. The molecule has 1 aromatic rings. The Morgan fingerprint density at radius 2 is 2.00 bits per heavy atom. The number of ketones is 1. The van der Waals surface area contributed by atoms with Crippen LogP contribution in [0.3, 0.4) is 0 Å². The van der Waals surface area contributed by atoms with Gasteiger partial charge in [0, 0.05) is 23.9 Å². The van der Waals surface area contributed by atoms with Crippen LogP contribution < -0.4 is 0 Å². The number of halogens is 4. The molecule has 1 aliphatic heterocycles. The summed E-state index contributed by atoms with van der Waals surface area (Å²) in [5, 5.41) is -0.208. The molecule has 1 heterocycles. The van der Waals surface area contributed by atoms with Gasteiger partial charge >= 0.3 is 6.18 Å². The van der Waals surface area contributed by atoms with Crippen molar-refractivity contribution in [1.29, 1.82) is 0 Å². The summed E-state index contributed by atoms with van der Waals surface area (Å²) in [6, 6.07) is 1.79. The lowest BCUT2D eigenvalue weighted by Crippen LogP contribution is -2.53. The Bertz CT molecular complexity index is 812. The number of nitrogens with zero attached hydrogens (tertiary/aromatic N) is 1. The zero-order valence-electron chi connectivity index (χ0n) is 13.6. The van der Waals surface area contributed by atoms with Crippen LogP contribution in [0.5, 0.6) is 0 Å². The average Bonchev–Trinajstić information content (AvgIpc) is 2.99.